The van der Waals surface area contributed by atoms with Gasteiger partial charge in [0.05, 0.1) is 9.79 Å². The Morgan fingerprint density at radius 3 is 1.25 bits per heavy atom. The molecule has 0 saturated heterocycles. The molecule has 0 unspecified atom stereocenters. The topological polar surface area (TPSA) is 39.8 Å². The van der Waals surface area contributed by atoms with Crippen molar-refractivity contribution in [1.82, 2.24) is 0 Å². The van der Waals surface area contributed by atoms with E-state index in [2.05, 4.69) is 41.5 Å². The van der Waals surface area contributed by atoms with Crippen molar-refractivity contribution in [2.24, 2.45) is 0 Å². The van der Waals surface area contributed by atoms with Gasteiger partial charge in [0, 0.05) is 22.6 Å². The van der Waals surface area contributed by atoms with Gasteiger partial charge in [-0.05, 0) is 47.9 Å². The molecule has 0 amide bonds. The van der Waals surface area contributed by atoms with E-state index >= 15 is 0 Å². The standard InChI is InChI=1S/C24H32O2S2/c1-15-11-17(23(3,4)5)21(25)19(13-15)27-9-10-28-20-14-16(2)12-18(22(20)26)24(6,7)8/h11-14H,9-10H2,1-8H3. The molecule has 0 aromatic heterocycles. The third-order valence-corrected chi connectivity index (χ3v) is 6.92. The molecule has 0 spiro atoms. The van der Waals surface area contributed by atoms with E-state index in [9.17, 15) is 10.2 Å². The molecule has 2 aromatic carbocycles. The number of aryl methyl sites for hydroxylation is 2. The van der Waals surface area contributed by atoms with Crippen LogP contribution in [0, 0.1) is 13.8 Å². The molecule has 0 atom stereocenters. The molecule has 4 heteroatoms. The van der Waals surface area contributed by atoms with E-state index < -0.39 is 0 Å². The molecule has 152 valence electrons. The smallest absolute Gasteiger partial charge is 0.195 e. The highest BCUT2D eigenvalue weighted by molar-refractivity contribution is 8.03. The molecule has 0 aliphatic rings. The van der Waals surface area contributed by atoms with Crippen LogP contribution in [0.4, 0.5) is 0 Å². The van der Waals surface area contributed by atoms with Gasteiger partial charge in [-0.3, -0.25) is 10.2 Å². The SMILES string of the molecule is Cc1cc(SCCSc2cc(C)cc(C(C)(C)C)c2[O])c([O])c(C(C)(C)C)c1. The second-order valence-electron chi connectivity index (χ2n) is 9.48. The molecule has 0 heterocycles. The molecule has 0 N–H and O–H groups in total. The van der Waals surface area contributed by atoms with E-state index in [-0.39, 0.29) is 22.3 Å². The molecule has 0 fully saturated rings. The van der Waals surface area contributed by atoms with Gasteiger partial charge in [-0.25, -0.2) is 0 Å². The lowest BCUT2D eigenvalue weighted by molar-refractivity contribution is 0.329. The van der Waals surface area contributed by atoms with E-state index in [1.54, 1.807) is 23.5 Å². The molecule has 28 heavy (non-hydrogen) atoms. The Morgan fingerprint density at radius 1 is 0.643 bits per heavy atom. The minimum absolute atomic E-state index is 0.142. The first-order chi connectivity index (χ1) is 12.8. The molecule has 0 saturated carbocycles. The maximum atomic E-state index is 12.8. The van der Waals surface area contributed by atoms with Crippen LogP contribution in [0.15, 0.2) is 34.1 Å². The van der Waals surface area contributed by atoms with Crippen LogP contribution in [0.25, 0.3) is 0 Å². The Balaban J connectivity index is 2.10. The van der Waals surface area contributed by atoms with Crippen molar-refractivity contribution in [2.45, 2.75) is 76.0 Å². The first-order valence-corrected chi connectivity index (χ1v) is 11.7. The Bertz CT molecular complexity index is 772. The van der Waals surface area contributed by atoms with Crippen LogP contribution in [0.1, 0.15) is 63.8 Å². The summed E-state index contributed by atoms with van der Waals surface area (Å²) < 4.78 is 0. The third kappa shape index (κ3) is 5.64. The summed E-state index contributed by atoms with van der Waals surface area (Å²) in [6.07, 6.45) is 0. The Hall–Kier alpha value is -1.26. The van der Waals surface area contributed by atoms with Gasteiger partial charge >= 0.3 is 0 Å². The zero-order valence-corrected chi connectivity index (χ0v) is 20.0. The summed E-state index contributed by atoms with van der Waals surface area (Å²) in [5.74, 6) is 1.88. The number of benzene rings is 2. The summed E-state index contributed by atoms with van der Waals surface area (Å²) >= 11 is 3.19. The molecule has 0 aliphatic heterocycles. The minimum atomic E-state index is -0.157. The fraction of sp³-hybridized carbons (Fsp3) is 0.500. The van der Waals surface area contributed by atoms with Gasteiger partial charge in [0.2, 0.25) is 0 Å². The van der Waals surface area contributed by atoms with Crippen LogP contribution in [-0.4, -0.2) is 11.5 Å². The monoisotopic (exact) mass is 416 g/mol. The van der Waals surface area contributed by atoms with E-state index in [0.717, 1.165) is 43.6 Å². The summed E-state index contributed by atoms with van der Waals surface area (Å²) in [7, 11) is 0. The van der Waals surface area contributed by atoms with Crippen molar-refractivity contribution in [1.29, 1.82) is 0 Å². The maximum Gasteiger partial charge on any atom is 0.195 e. The second-order valence-corrected chi connectivity index (χ2v) is 11.7. The van der Waals surface area contributed by atoms with Crippen molar-refractivity contribution in [3.63, 3.8) is 0 Å². The van der Waals surface area contributed by atoms with E-state index in [0.29, 0.717) is 0 Å². The Kier molecular flexibility index (Phi) is 7.09. The quantitative estimate of drug-likeness (QED) is 0.365. The lowest BCUT2D eigenvalue weighted by atomic mass is 9.85. The summed E-state index contributed by atoms with van der Waals surface area (Å²) in [6.45, 7) is 16.5. The first-order valence-electron chi connectivity index (χ1n) is 9.70. The zero-order chi connectivity index (χ0) is 21.3. The van der Waals surface area contributed by atoms with E-state index in [4.69, 9.17) is 0 Å². The minimum Gasteiger partial charge on any atom is -0.288 e. The highest BCUT2D eigenvalue weighted by atomic mass is 32.2. The number of thioether (sulfide) groups is 2. The third-order valence-electron chi connectivity index (χ3n) is 4.61. The average molecular weight is 417 g/mol. The average Bonchev–Trinajstić information content (AvgIpc) is 2.54. The predicted octanol–water partition coefficient (Wildman–Crippen LogP) is 8.07. The number of hydrogen-bond acceptors (Lipinski definition) is 2. The highest BCUT2D eigenvalue weighted by Crippen LogP contribution is 2.42. The second kappa shape index (κ2) is 8.62. The lowest BCUT2D eigenvalue weighted by Crippen LogP contribution is -2.12. The lowest BCUT2D eigenvalue weighted by Gasteiger charge is -2.22. The van der Waals surface area contributed by atoms with Gasteiger partial charge in [-0.15, -0.1) is 23.5 Å². The number of hydrogen-bond donors (Lipinski definition) is 0. The normalized spacial score (nSPS) is 12.4. The van der Waals surface area contributed by atoms with Gasteiger partial charge in [-0.2, -0.15) is 0 Å². The Morgan fingerprint density at radius 2 is 0.964 bits per heavy atom. The molecular formula is C24H32O2S2. The van der Waals surface area contributed by atoms with Gasteiger partial charge < -0.3 is 0 Å². The van der Waals surface area contributed by atoms with Gasteiger partial charge in [-0.1, -0.05) is 53.7 Å². The van der Waals surface area contributed by atoms with E-state index in [1.165, 1.54) is 0 Å². The molecule has 0 bridgehead atoms. The summed E-state index contributed by atoms with van der Waals surface area (Å²) in [5.41, 5.74) is 3.67. The van der Waals surface area contributed by atoms with Crippen molar-refractivity contribution >= 4 is 23.5 Å². The molecule has 2 rings (SSSR count). The van der Waals surface area contributed by atoms with E-state index in [1.807, 2.05) is 38.1 Å². The van der Waals surface area contributed by atoms with Gasteiger partial charge in [0.15, 0.2) is 11.5 Å². The molecule has 2 radical (unpaired) electrons. The van der Waals surface area contributed by atoms with Crippen LogP contribution in [0.5, 0.6) is 11.5 Å². The van der Waals surface area contributed by atoms with Gasteiger partial charge in [0.1, 0.15) is 0 Å². The summed E-state index contributed by atoms with van der Waals surface area (Å²) in [4.78, 5) is 1.62. The van der Waals surface area contributed by atoms with Crippen LogP contribution in [0.2, 0.25) is 0 Å². The fourth-order valence-corrected chi connectivity index (χ4v) is 5.24. The van der Waals surface area contributed by atoms with Crippen molar-refractivity contribution in [3.8, 4) is 11.5 Å². The summed E-state index contributed by atoms with van der Waals surface area (Å²) in [5, 5.41) is 25.6. The van der Waals surface area contributed by atoms with Crippen LogP contribution >= 0.6 is 23.5 Å². The van der Waals surface area contributed by atoms with Crippen molar-refractivity contribution in [3.05, 3.63) is 46.5 Å². The predicted molar refractivity (Wildman–Crippen MR) is 121 cm³/mol. The molecule has 2 aromatic rings. The van der Waals surface area contributed by atoms with Crippen LogP contribution in [-0.2, 0) is 21.0 Å². The highest BCUT2D eigenvalue weighted by Gasteiger charge is 2.23. The Labute approximate surface area is 179 Å². The first kappa shape index (κ1) is 23.0. The van der Waals surface area contributed by atoms with Crippen molar-refractivity contribution < 1.29 is 10.2 Å². The summed E-state index contributed by atoms with van der Waals surface area (Å²) in [6, 6.07) is 7.98. The largest absolute Gasteiger partial charge is 0.288 e. The van der Waals surface area contributed by atoms with Gasteiger partial charge in [0.25, 0.3) is 0 Å². The number of rotatable bonds is 5. The van der Waals surface area contributed by atoms with Crippen molar-refractivity contribution in [2.75, 3.05) is 11.5 Å². The maximum absolute atomic E-state index is 12.8. The molecule has 2 nitrogen and oxygen atoms in total. The molecular weight excluding hydrogens is 384 g/mol. The van der Waals surface area contributed by atoms with Crippen LogP contribution in [0.3, 0.4) is 0 Å². The zero-order valence-electron chi connectivity index (χ0n) is 18.4. The fourth-order valence-electron chi connectivity index (χ4n) is 3.11. The molecule has 0 aliphatic carbocycles. The van der Waals surface area contributed by atoms with Crippen LogP contribution < -0.4 is 0 Å².